The summed E-state index contributed by atoms with van der Waals surface area (Å²) in [7, 11) is -9.99. The summed E-state index contributed by atoms with van der Waals surface area (Å²) in [4.78, 5) is 73.1. The van der Waals surface area contributed by atoms with Gasteiger partial charge in [0.05, 0.1) is 26.4 Å². The predicted octanol–water partition coefficient (Wildman–Crippen LogP) is 24.0. The van der Waals surface area contributed by atoms with Crippen molar-refractivity contribution in [1.29, 1.82) is 0 Å². The molecule has 0 aliphatic rings. The van der Waals surface area contributed by atoms with Gasteiger partial charge >= 0.3 is 39.5 Å². The fraction of sp³-hybridized carbons (Fsp3) is 0.655. The average Bonchev–Trinajstić information content (AvgIpc) is 0.909. The normalized spacial score (nSPS) is 14.7. The van der Waals surface area contributed by atoms with Crippen LogP contribution in [0.2, 0.25) is 0 Å². The van der Waals surface area contributed by atoms with Gasteiger partial charge in [0.2, 0.25) is 0 Å². The van der Waals surface area contributed by atoms with Crippen LogP contribution in [0.15, 0.2) is 158 Å². The van der Waals surface area contributed by atoms with Crippen LogP contribution in [0, 0.1) is 0 Å². The van der Waals surface area contributed by atoms with Crippen LogP contribution in [0.4, 0.5) is 0 Å². The molecule has 0 aromatic heterocycles. The van der Waals surface area contributed by atoms with Gasteiger partial charge in [-0.05, 0) is 167 Å². The van der Waals surface area contributed by atoms with Crippen molar-refractivity contribution in [3.8, 4) is 0 Å². The van der Waals surface area contributed by atoms with Gasteiger partial charge in [-0.25, -0.2) is 9.13 Å². The SMILES string of the molecule is CC/C=C\C/C=C\C/C=C\C/C=C\CCCCCCCCC(=O)OCC(COP(=O)(O)OCC(O)COP(=O)(O)OCC(COC(=O)CCCCCC/C=C\C/C=C\C/C=C\C/C=C\CC)OC(=O)CCCCCCC/C=C\C/C=C\CCCCC)OC(=O)CCCCCCC/C=C\C/C=C\C/C=C\CC. The first-order valence-corrected chi connectivity index (χ1v) is 43.7. The Bertz CT molecular complexity index is 2630. The minimum atomic E-state index is -5.00. The highest BCUT2D eigenvalue weighted by atomic mass is 31.2. The Kier molecular flexibility index (Phi) is 73.9. The summed E-state index contributed by atoms with van der Waals surface area (Å²) in [6, 6.07) is 0. The Labute approximate surface area is 642 Å². The number of carbonyl (C=O) groups is 4. The number of hydrogen-bond donors (Lipinski definition) is 3. The third-order valence-corrected chi connectivity index (χ3v) is 18.4. The van der Waals surface area contributed by atoms with Crippen molar-refractivity contribution in [3.05, 3.63) is 158 Å². The Morgan fingerprint density at radius 1 is 0.274 bits per heavy atom. The largest absolute Gasteiger partial charge is 0.472 e. The van der Waals surface area contributed by atoms with Gasteiger partial charge in [-0.2, -0.15) is 0 Å². The maximum atomic E-state index is 13.1. The highest BCUT2D eigenvalue weighted by molar-refractivity contribution is 7.47. The fourth-order valence-corrected chi connectivity index (χ4v) is 11.9. The molecule has 0 amide bonds. The van der Waals surface area contributed by atoms with E-state index in [1.54, 1.807) is 0 Å². The lowest BCUT2D eigenvalue weighted by Crippen LogP contribution is -2.30. The molecule has 106 heavy (non-hydrogen) atoms. The molecule has 0 saturated heterocycles. The third-order valence-electron chi connectivity index (χ3n) is 16.5. The molecule has 0 aromatic rings. The Balaban J connectivity index is 5.43. The first-order chi connectivity index (χ1) is 51.7. The van der Waals surface area contributed by atoms with Gasteiger partial charge in [-0.3, -0.25) is 37.3 Å². The number of esters is 4. The lowest BCUT2D eigenvalue weighted by molar-refractivity contribution is -0.161. The van der Waals surface area contributed by atoms with Gasteiger partial charge in [0.1, 0.15) is 19.3 Å². The quantitative estimate of drug-likeness (QED) is 0.0169. The van der Waals surface area contributed by atoms with E-state index in [1.807, 2.05) is 0 Å². The van der Waals surface area contributed by atoms with E-state index in [-0.39, 0.29) is 25.7 Å². The van der Waals surface area contributed by atoms with Crippen molar-refractivity contribution in [2.45, 2.75) is 329 Å². The Hall–Kier alpha value is -5.32. The maximum Gasteiger partial charge on any atom is 0.472 e. The molecule has 0 aliphatic heterocycles. The van der Waals surface area contributed by atoms with E-state index in [9.17, 15) is 43.2 Å². The summed E-state index contributed by atoms with van der Waals surface area (Å²) in [6.07, 6.45) is 90.7. The van der Waals surface area contributed by atoms with E-state index in [0.717, 1.165) is 212 Å². The van der Waals surface area contributed by atoms with Crippen LogP contribution in [-0.2, 0) is 65.4 Å². The Morgan fingerprint density at radius 3 is 0.755 bits per heavy atom. The number of allylic oxidation sites excluding steroid dienone is 26. The van der Waals surface area contributed by atoms with Gasteiger partial charge in [0, 0.05) is 25.7 Å². The second-order valence-corrected chi connectivity index (χ2v) is 29.5. The molecule has 0 spiro atoms. The van der Waals surface area contributed by atoms with E-state index < -0.39 is 97.5 Å². The molecule has 604 valence electrons. The number of hydrogen-bond acceptors (Lipinski definition) is 15. The number of phosphoric ester groups is 2. The van der Waals surface area contributed by atoms with Crippen molar-refractivity contribution >= 4 is 39.5 Å². The van der Waals surface area contributed by atoms with Crippen LogP contribution in [0.3, 0.4) is 0 Å². The molecule has 0 aliphatic carbocycles. The lowest BCUT2D eigenvalue weighted by atomic mass is 10.1. The number of ether oxygens (including phenoxy) is 4. The molecule has 0 aromatic carbocycles. The predicted molar refractivity (Wildman–Crippen MR) is 436 cm³/mol. The minimum Gasteiger partial charge on any atom is -0.462 e. The van der Waals surface area contributed by atoms with E-state index in [0.29, 0.717) is 25.7 Å². The van der Waals surface area contributed by atoms with Crippen molar-refractivity contribution in [2.24, 2.45) is 0 Å². The highest BCUT2D eigenvalue weighted by Gasteiger charge is 2.30. The molecular weight excluding hydrogens is 1380 g/mol. The summed E-state index contributed by atoms with van der Waals surface area (Å²) in [5.41, 5.74) is 0. The van der Waals surface area contributed by atoms with Gasteiger partial charge in [0.15, 0.2) is 12.2 Å². The minimum absolute atomic E-state index is 0.0665. The molecular formula is C87H144O17P2. The maximum absolute atomic E-state index is 13.1. The molecule has 0 saturated carbocycles. The van der Waals surface area contributed by atoms with Crippen LogP contribution < -0.4 is 0 Å². The number of unbranched alkanes of at least 4 members (excludes halogenated alkanes) is 23. The molecule has 17 nitrogen and oxygen atoms in total. The topological polar surface area (TPSA) is 237 Å². The van der Waals surface area contributed by atoms with Crippen LogP contribution in [-0.4, -0.2) is 96.7 Å². The van der Waals surface area contributed by atoms with E-state index in [1.165, 1.54) is 19.3 Å². The third kappa shape index (κ3) is 76.9. The zero-order valence-corrected chi connectivity index (χ0v) is 67.8. The number of rotatable bonds is 75. The first kappa shape index (κ1) is 101. The number of phosphoric acid groups is 2. The zero-order valence-electron chi connectivity index (χ0n) is 66.1. The van der Waals surface area contributed by atoms with Crippen LogP contribution in [0.25, 0.3) is 0 Å². The van der Waals surface area contributed by atoms with E-state index in [2.05, 4.69) is 186 Å². The molecule has 5 unspecified atom stereocenters. The molecule has 0 heterocycles. The molecule has 5 atom stereocenters. The molecule has 0 fully saturated rings. The summed E-state index contributed by atoms with van der Waals surface area (Å²) in [5, 5.41) is 10.7. The fourth-order valence-electron chi connectivity index (χ4n) is 10.4. The first-order valence-electron chi connectivity index (χ1n) is 40.7. The number of carbonyl (C=O) groups excluding carboxylic acids is 4. The molecule has 0 bridgehead atoms. The van der Waals surface area contributed by atoms with Crippen molar-refractivity contribution in [3.63, 3.8) is 0 Å². The monoisotopic (exact) mass is 1520 g/mol. The Morgan fingerprint density at radius 2 is 0.491 bits per heavy atom. The number of aliphatic hydroxyl groups is 1. The zero-order chi connectivity index (χ0) is 77.4. The van der Waals surface area contributed by atoms with Crippen LogP contribution >= 0.6 is 15.6 Å². The molecule has 19 heteroatoms. The van der Waals surface area contributed by atoms with Gasteiger partial charge in [-0.1, -0.05) is 276 Å². The summed E-state index contributed by atoms with van der Waals surface area (Å²) in [6.45, 7) is 4.44. The van der Waals surface area contributed by atoms with E-state index >= 15 is 0 Å². The second kappa shape index (κ2) is 77.8. The smallest absolute Gasteiger partial charge is 0.462 e. The highest BCUT2D eigenvalue weighted by Crippen LogP contribution is 2.45. The van der Waals surface area contributed by atoms with Crippen molar-refractivity contribution < 1.29 is 80.2 Å². The lowest BCUT2D eigenvalue weighted by Gasteiger charge is -2.21. The van der Waals surface area contributed by atoms with E-state index in [4.69, 9.17) is 37.0 Å². The summed E-state index contributed by atoms with van der Waals surface area (Å²) < 4.78 is 68.6. The molecule has 0 rings (SSSR count). The van der Waals surface area contributed by atoms with Gasteiger partial charge in [0.25, 0.3) is 0 Å². The average molecular weight is 1520 g/mol. The van der Waals surface area contributed by atoms with Crippen LogP contribution in [0.5, 0.6) is 0 Å². The van der Waals surface area contributed by atoms with Gasteiger partial charge in [-0.15, -0.1) is 0 Å². The second-order valence-electron chi connectivity index (χ2n) is 26.6. The van der Waals surface area contributed by atoms with Gasteiger partial charge < -0.3 is 33.8 Å². The number of aliphatic hydroxyl groups excluding tert-OH is 1. The molecule has 3 N–H and O–H groups in total. The summed E-state index contributed by atoms with van der Waals surface area (Å²) >= 11 is 0. The standard InChI is InChI=1S/C87H144O17P2/c1-5-9-13-17-21-25-29-33-37-39-40-42-46-48-52-56-60-64-68-72-85(90)98-78-83(104-87(92)74-70-66-62-58-54-50-44-36-32-28-24-20-16-12-8-4)80-102-106(95,96)100-76-81(88)75-99-105(93,94)101-79-82(103-86(91)73-69-65-61-57-53-49-43-35-31-27-23-19-15-11-7-3)77-97-84(89)71-67-63-59-55-51-47-45-41-38-34-30-26-22-18-14-10-6-2/h9-10,12-14,16,21-28,33-38,40,42-45,47,81-83,88H,5-8,11,15,17-20,29-32,39,41,46,48-80H2,1-4H3,(H,93,94)(H,95,96)/b13-9-,14-10-,16-12-,25-21-,26-22-,27-23-,28-24-,37-33-,38-34-,42-40-,43-35-,44-36-,47-45-. The van der Waals surface area contributed by atoms with Crippen molar-refractivity contribution in [1.82, 2.24) is 0 Å². The molecule has 0 radical (unpaired) electrons. The van der Waals surface area contributed by atoms with Crippen molar-refractivity contribution in [2.75, 3.05) is 39.6 Å². The van der Waals surface area contributed by atoms with Crippen LogP contribution in [0.1, 0.15) is 310 Å². The summed E-state index contributed by atoms with van der Waals surface area (Å²) in [5.74, 6) is -2.26.